The molecule has 0 fully saturated rings. The van der Waals surface area contributed by atoms with Crippen LogP contribution in [0.5, 0.6) is 0 Å². The van der Waals surface area contributed by atoms with E-state index in [0.717, 1.165) is 23.8 Å². The molecule has 0 bridgehead atoms. The number of furan rings is 1. The molecule has 1 aliphatic rings. The fourth-order valence-corrected chi connectivity index (χ4v) is 2.19. The van der Waals surface area contributed by atoms with E-state index < -0.39 is 0 Å². The molecule has 14 heavy (non-hydrogen) atoms. The largest absolute Gasteiger partial charge is 0.456 e. The fraction of sp³-hybridized carbons (Fsp3) is 0.231. The van der Waals surface area contributed by atoms with E-state index in [1.54, 1.807) is 0 Å². The molecule has 0 amide bonds. The highest BCUT2D eigenvalue weighted by Gasteiger charge is 2.07. The molecule has 0 aliphatic heterocycles. The Morgan fingerprint density at radius 3 is 3.00 bits per heavy atom. The number of fused-ring (bicyclic) bond motifs is 3. The van der Waals surface area contributed by atoms with Crippen LogP contribution in [0.2, 0.25) is 0 Å². The standard InChI is InChI=1S/C13H12O/c1-9-5-4-8-12-13(9)10-6-2-3-7-11(10)14-12/h2-3,6-8H,4-5H2,1H3. The van der Waals surface area contributed by atoms with Crippen LogP contribution >= 0.6 is 0 Å². The summed E-state index contributed by atoms with van der Waals surface area (Å²) in [6.07, 6.45) is 4.47. The Hall–Kier alpha value is -1.50. The van der Waals surface area contributed by atoms with Gasteiger partial charge in [0, 0.05) is 10.6 Å². The average molecular weight is 184 g/mol. The van der Waals surface area contributed by atoms with Gasteiger partial charge in [0.1, 0.15) is 11.0 Å². The van der Waals surface area contributed by atoms with E-state index in [2.05, 4.69) is 25.1 Å². The Morgan fingerprint density at radius 1 is 1.21 bits per heavy atom. The Bertz CT molecular complexity index is 602. The Balaban J connectivity index is 2.66. The molecular weight excluding hydrogens is 172 g/mol. The third-order valence-electron chi connectivity index (χ3n) is 2.90. The highest BCUT2D eigenvalue weighted by atomic mass is 16.3. The lowest BCUT2D eigenvalue weighted by Gasteiger charge is -2.00. The van der Waals surface area contributed by atoms with Crippen molar-refractivity contribution in [1.29, 1.82) is 0 Å². The zero-order chi connectivity index (χ0) is 9.54. The maximum atomic E-state index is 5.78. The summed E-state index contributed by atoms with van der Waals surface area (Å²) in [5.74, 6) is 0. The van der Waals surface area contributed by atoms with Crippen LogP contribution in [0.15, 0.2) is 28.7 Å². The quantitative estimate of drug-likeness (QED) is 0.611. The normalized spacial score (nSPS) is 15.4. The maximum Gasteiger partial charge on any atom is 0.135 e. The highest BCUT2D eigenvalue weighted by molar-refractivity contribution is 5.80. The van der Waals surface area contributed by atoms with Crippen LogP contribution in [0.25, 0.3) is 22.6 Å². The summed E-state index contributed by atoms with van der Waals surface area (Å²) < 4.78 is 5.78. The van der Waals surface area contributed by atoms with Gasteiger partial charge in [-0.3, -0.25) is 0 Å². The van der Waals surface area contributed by atoms with Gasteiger partial charge < -0.3 is 4.42 Å². The van der Waals surface area contributed by atoms with Crippen LogP contribution in [-0.4, -0.2) is 0 Å². The van der Waals surface area contributed by atoms with Crippen molar-refractivity contribution in [3.63, 3.8) is 0 Å². The number of benzene rings is 1. The smallest absolute Gasteiger partial charge is 0.135 e. The molecule has 1 aromatic carbocycles. The second kappa shape index (κ2) is 2.74. The molecule has 1 aromatic heterocycles. The topological polar surface area (TPSA) is 13.1 Å². The summed E-state index contributed by atoms with van der Waals surface area (Å²) in [5.41, 5.74) is 3.53. The molecule has 3 rings (SSSR count). The van der Waals surface area contributed by atoms with Crippen LogP contribution in [-0.2, 0) is 0 Å². The minimum absolute atomic E-state index is 1.01. The monoisotopic (exact) mass is 184 g/mol. The summed E-state index contributed by atoms with van der Waals surface area (Å²) in [7, 11) is 0. The van der Waals surface area contributed by atoms with Gasteiger partial charge in [-0.05, 0) is 31.9 Å². The molecule has 0 saturated heterocycles. The van der Waals surface area contributed by atoms with Crippen LogP contribution < -0.4 is 10.6 Å². The SMILES string of the molecule is CC1=c2c(oc3ccccc23)=CCC1. The van der Waals surface area contributed by atoms with Gasteiger partial charge in [-0.25, -0.2) is 0 Å². The summed E-state index contributed by atoms with van der Waals surface area (Å²) >= 11 is 0. The lowest BCUT2D eigenvalue weighted by Crippen LogP contribution is -2.25. The molecule has 1 heterocycles. The number of hydrogen-bond donors (Lipinski definition) is 0. The van der Waals surface area contributed by atoms with Crippen molar-refractivity contribution in [2.75, 3.05) is 0 Å². The second-order valence-corrected chi connectivity index (χ2v) is 3.86. The molecule has 1 aliphatic carbocycles. The molecule has 1 nitrogen and oxygen atoms in total. The molecule has 0 atom stereocenters. The Kier molecular flexibility index (Phi) is 1.54. The van der Waals surface area contributed by atoms with Crippen molar-refractivity contribution in [3.05, 3.63) is 34.9 Å². The third kappa shape index (κ3) is 0.955. The Morgan fingerprint density at radius 2 is 2.07 bits per heavy atom. The molecule has 0 spiro atoms. The van der Waals surface area contributed by atoms with Gasteiger partial charge in [0.15, 0.2) is 0 Å². The van der Waals surface area contributed by atoms with E-state index in [-0.39, 0.29) is 0 Å². The predicted molar refractivity (Wildman–Crippen MR) is 58.2 cm³/mol. The van der Waals surface area contributed by atoms with Gasteiger partial charge in [-0.15, -0.1) is 0 Å². The van der Waals surface area contributed by atoms with Crippen LogP contribution in [0, 0.1) is 0 Å². The minimum atomic E-state index is 1.01. The predicted octanol–water partition coefficient (Wildman–Crippen LogP) is 2.18. The van der Waals surface area contributed by atoms with E-state index in [1.807, 2.05) is 12.1 Å². The minimum Gasteiger partial charge on any atom is -0.456 e. The van der Waals surface area contributed by atoms with Gasteiger partial charge in [-0.1, -0.05) is 23.8 Å². The van der Waals surface area contributed by atoms with Gasteiger partial charge >= 0.3 is 0 Å². The van der Waals surface area contributed by atoms with Crippen molar-refractivity contribution >= 4 is 22.6 Å². The first-order chi connectivity index (χ1) is 6.86. The molecule has 0 radical (unpaired) electrons. The van der Waals surface area contributed by atoms with Crippen molar-refractivity contribution in [2.45, 2.75) is 19.8 Å². The van der Waals surface area contributed by atoms with Crippen LogP contribution in [0.4, 0.5) is 0 Å². The van der Waals surface area contributed by atoms with Crippen molar-refractivity contribution in [2.24, 2.45) is 0 Å². The van der Waals surface area contributed by atoms with Gasteiger partial charge in [-0.2, -0.15) is 0 Å². The summed E-state index contributed by atoms with van der Waals surface area (Å²) in [6.45, 7) is 2.20. The zero-order valence-corrected chi connectivity index (χ0v) is 8.21. The first-order valence-corrected chi connectivity index (χ1v) is 5.04. The molecule has 1 heteroatoms. The van der Waals surface area contributed by atoms with E-state index in [1.165, 1.54) is 16.2 Å². The van der Waals surface area contributed by atoms with Crippen LogP contribution in [0.1, 0.15) is 19.8 Å². The highest BCUT2D eigenvalue weighted by Crippen LogP contribution is 2.13. The third-order valence-corrected chi connectivity index (χ3v) is 2.90. The Labute approximate surface area is 82.3 Å². The van der Waals surface area contributed by atoms with E-state index in [4.69, 9.17) is 4.42 Å². The molecular formula is C13H12O. The average Bonchev–Trinajstić information content (AvgIpc) is 2.57. The maximum absolute atomic E-state index is 5.78. The molecule has 2 aromatic rings. The van der Waals surface area contributed by atoms with Gasteiger partial charge in [0.25, 0.3) is 0 Å². The lowest BCUT2D eigenvalue weighted by molar-refractivity contribution is 0.571. The summed E-state index contributed by atoms with van der Waals surface area (Å²) in [4.78, 5) is 0. The van der Waals surface area contributed by atoms with Crippen molar-refractivity contribution in [3.8, 4) is 0 Å². The number of rotatable bonds is 0. The number of para-hydroxylation sites is 1. The summed E-state index contributed by atoms with van der Waals surface area (Å²) in [5, 5.41) is 2.59. The second-order valence-electron chi connectivity index (χ2n) is 3.86. The first-order valence-electron chi connectivity index (χ1n) is 5.04. The first kappa shape index (κ1) is 7.86. The van der Waals surface area contributed by atoms with E-state index in [0.29, 0.717) is 0 Å². The summed E-state index contributed by atoms with van der Waals surface area (Å²) in [6, 6.07) is 8.27. The van der Waals surface area contributed by atoms with Crippen molar-refractivity contribution in [1.82, 2.24) is 0 Å². The molecule has 0 N–H and O–H groups in total. The van der Waals surface area contributed by atoms with Gasteiger partial charge in [0.05, 0.1) is 0 Å². The molecule has 0 unspecified atom stereocenters. The molecule has 70 valence electrons. The van der Waals surface area contributed by atoms with E-state index in [9.17, 15) is 0 Å². The van der Waals surface area contributed by atoms with E-state index >= 15 is 0 Å². The lowest BCUT2D eigenvalue weighted by atomic mass is 10.0. The van der Waals surface area contributed by atoms with Gasteiger partial charge in [0.2, 0.25) is 0 Å². The molecule has 0 saturated carbocycles. The zero-order valence-electron chi connectivity index (χ0n) is 8.21. The van der Waals surface area contributed by atoms with Crippen LogP contribution in [0.3, 0.4) is 0 Å². The fourth-order valence-electron chi connectivity index (χ4n) is 2.19. The number of hydrogen-bond acceptors (Lipinski definition) is 1. The van der Waals surface area contributed by atoms with Crippen molar-refractivity contribution < 1.29 is 4.42 Å².